The van der Waals surface area contributed by atoms with Gasteiger partial charge in [-0.25, -0.2) is 4.98 Å². The summed E-state index contributed by atoms with van der Waals surface area (Å²) in [6.45, 7) is 1.19. The summed E-state index contributed by atoms with van der Waals surface area (Å²) in [6.07, 6.45) is 6.83. The van der Waals surface area contributed by atoms with Crippen molar-refractivity contribution in [3.63, 3.8) is 0 Å². The molecule has 2 heterocycles. The van der Waals surface area contributed by atoms with Crippen LogP contribution < -0.4 is 11.3 Å². The van der Waals surface area contributed by atoms with E-state index in [4.69, 9.17) is 5.73 Å². The molecule has 3 aromatic rings. The van der Waals surface area contributed by atoms with Crippen molar-refractivity contribution < 1.29 is 0 Å². The second-order valence-electron chi connectivity index (χ2n) is 6.06. The molecule has 0 saturated carbocycles. The SMILES string of the molecule is NC1CCCc2cn(CCn3cnc4ccccc4c3=O)nc21. The zero-order valence-electron chi connectivity index (χ0n) is 12.9. The lowest BCUT2D eigenvalue weighted by atomic mass is 9.95. The van der Waals surface area contributed by atoms with Gasteiger partial charge in [0.05, 0.1) is 29.5 Å². The lowest BCUT2D eigenvalue weighted by Gasteiger charge is -2.15. The van der Waals surface area contributed by atoms with Crippen molar-refractivity contribution in [2.24, 2.45) is 5.73 Å². The highest BCUT2D eigenvalue weighted by Crippen LogP contribution is 2.26. The number of benzene rings is 1. The first-order chi connectivity index (χ1) is 11.2. The minimum absolute atomic E-state index is 0.00998. The lowest BCUT2D eigenvalue weighted by Crippen LogP contribution is -2.23. The van der Waals surface area contributed by atoms with E-state index in [2.05, 4.69) is 16.3 Å². The normalized spacial score (nSPS) is 17.3. The highest BCUT2D eigenvalue weighted by Gasteiger charge is 2.20. The number of nitrogens with zero attached hydrogens (tertiary/aromatic N) is 4. The molecule has 118 valence electrons. The van der Waals surface area contributed by atoms with Crippen LogP contribution in [0.4, 0.5) is 0 Å². The van der Waals surface area contributed by atoms with Crippen LogP contribution in [0.15, 0.2) is 41.6 Å². The van der Waals surface area contributed by atoms with Gasteiger partial charge >= 0.3 is 0 Å². The highest BCUT2D eigenvalue weighted by atomic mass is 16.1. The Morgan fingerprint density at radius 1 is 1.26 bits per heavy atom. The molecule has 6 nitrogen and oxygen atoms in total. The van der Waals surface area contributed by atoms with E-state index < -0.39 is 0 Å². The van der Waals surface area contributed by atoms with Gasteiger partial charge < -0.3 is 5.73 Å². The second kappa shape index (κ2) is 5.62. The van der Waals surface area contributed by atoms with E-state index in [1.54, 1.807) is 10.9 Å². The minimum atomic E-state index is -0.00998. The average Bonchev–Trinajstić information content (AvgIpc) is 2.99. The van der Waals surface area contributed by atoms with Crippen molar-refractivity contribution in [2.75, 3.05) is 0 Å². The fraction of sp³-hybridized carbons (Fsp3) is 0.353. The van der Waals surface area contributed by atoms with Crippen LogP contribution in [0.25, 0.3) is 10.9 Å². The molecule has 0 spiro atoms. The molecule has 1 aliphatic rings. The standard InChI is InChI=1S/C17H19N5O/c18-14-6-3-4-12-10-22(20-16(12)14)9-8-21-11-19-15-7-2-1-5-13(15)17(21)23/h1-2,5,7,10-11,14H,3-4,6,8-9,18H2. The first kappa shape index (κ1) is 14.1. The van der Waals surface area contributed by atoms with E-state index in [-0.39, 0.29) is 11.6 Å². The molecule has 0 aliphatic heterocycles. The van der Waals surface area contributed by atoms with Crippen LogP contribution >= 0.6 is 0 Å². The summed E-state index contributed by atoms with van der Waals surface area (Å²) in [5.74, 6) is 0. The van der Waals surface area contributed by atoms with Crippen LogP contribution in [0.3, 0.4) is 0 Å². The van der Waals surface area contributed by atoms with E-state index >= 15 is 0 Å². The van der Waals surface area contributed by atoms with Crippen LogP contribution in [-0.4, -0.2) is 19.3 Å². The topological polar surface area (TPSA) is 78.7 Å². The summed E-state index contributed by atoms with van der Waals surface area (Å²) in [7, 11) is 0. The van der Waals surface area contributed by atoms with Crippen molar-refractivity contribution in [1.29, 1.82) is 0 Å². The number of aromatic nitrogens is 4. The van der Waals surface area contributed by atoms with Crippen LogP contribution in [0.2, 0.25) is 0 Å². The third kappa shape index (κ3) is 2.55. The summed E-state index contributed by atoms with van der Waals surface area (Å²) in [5, 5.41) is 5.24. The predicted molar refractivity (Wildman–Crippen MR) is 88.1 cm³/mol. The van der Waals surface area contributed by atoms with E-state index in [0.29, 0.717) is 18.5 Å². The maximum atomic E-state index is 12.5. The predicted octanol–water partition coefficient (Wildman–Crippen LogP) is 1.63. The van der Waals surface area contributed by atoms with Crippen molar-refractivity contribution in [1.82, 2.24) is 19.3 Å². The van der Waals surface area contributed by atoms with Crippen LogP contribution in [-0.2, 0) is 19.5 Å². The second-order valence-corrected chi connectivity index (χ2v) is 6.06. The molecule has 1 aliphatic carbocycles. The molecule has 4 rings (SSSR count). The molecule has 0 amide bonds. The number of nitrogens with two attached hydrogens (primary N) is 1. The van der Waals surface area contributed by atoms with Gasteiger partial charge in [-0.05, 0) is 37.0 Å². The number of hydrogen-bond acceptors (Lipinski definition) is 4. The summed E-state index contributed by atoms with van der Waals surface area (Å²) in [6, 6.07) is 7.46. The number of hydrogen-bond donors (Lipinski definition) is 1. The third-order valence-corrected chi connectivity index (χ3v) is 4.48. The maximum Gasteiger partial charge on any atom is 0.261 e. The van der Waals surface area contributed by atoms with Crippen molar-refractivity contribution in [2.45, 2.75) is 38.4 Å². The lowest BCUT2D eigenvalue weighted by molar-refractivity contribution is 0.505. The number of aryl methyl sites for hydroxylation is 3. The van der Waals surface area contributed by atoms with E-state index in [0.717, 1.165) is 30.5 Å². The molecule has 1 aromatic carbocycles. The van der Waals surface area contributed by atoms with Gasteiger partial charge in [-0.2, -0.15) is 5.10 Å². The van der Waals surface area contributed by atoms with Crippen molar-refractivity contribution in [3.8, 4) is 0 Å². The van der Waals surface area contributed by atoms with Gasteiger partial charge in [0, 0.05) is 18.8 Å². The van der Waals surface area contributed by atoms with Crippen molar-refractivity contribution >= 4 is 10.9 Å². The Bertz CT molecular complexity index is 911. The Labute approximate surface area is 133 Å². The molecule has 0 saturated heterocycles. The highest BCUT2D eigenvalue weighted by molar-refractivity contribution is 5.76. The Hall–Kier alpha value is -2.47. The van der Waals surface area contributed by atoms with Gasteiger partial charge in [0.25, 0.3) is 5.56 Å². The van der Waals surface area contributed by atoms with E-state index in [9.17, 15) is 4.79 Å². The van der Waals surface area contributed by atoms with Crippen LogP contribution in [0, 0.1) is 0 Å². The Morgan fingerprint density at radius 3 is 3.00 bits per heavy atom. The molecule has 0 fully saturated rings. The minimum Gasteiger partial charge on any atom is -0.323 e. The van der Waals surface area contributed by atoms with Gasteiger partial charge in [0.2, 0.25) is 0 Å². The van der Waals surface area contributed by atoms with Crippen molar-refractivity contribution in [3.05, 3.63) is 58.4 Å². The molecule has 2 aromatic heterocycles. The zero-order chi connectivity index (χ0) is 15.8. The quantitative estimate of drug-likeness (QED) is 0.797. The smallest absolute Gasteiger partial charge is 0.261 e. The summed E-state index contributed by atoms with van der Waals surface area (Å²) in [5.41, 5.74) is 9.09. The third-order valence-electron chi connectivity index (χ3n) is 4.48. The molecule has 2 N–H and O–H groups in total. The monoisotopic (exact) mass is 309 g/mol. The Morgan fingerprint density at radius 2 is 2.13 bits per heavy atom. The van der Waals surface area contributed by atoms with Gasteiger partial charge in [-0.1, -0.05) is 12.1 Å². The van der Waals surface area contributed by atoms with Crippen LogP contribution in [0.1, 0.15) is 30.1 Å². The fourth-order valence-corrected chi connectivity index (χ4v) is 3.22. The summed E-state index contributed by atoms with van der Waals surface area (Å²) < 4.78 is 3.54. The first-order valence-electron chi connectivity index (χ1n) is 7.98. The van der Waals surface area contributed by atoms with E-state index in [1.165, 1.54) is 5.56 Å². The molecule has 23 heavy (non-hydrogen) atoms. The summed E-state index contributed by atoms with van der Waals surface area (Å²) in [4.78, 5) is 16.8. The Kier molecular flexibility index (Phi) is 3.46. The fourth-order valence-electron chi connectivity index (χ4n) is 3.22. The van der Waals surface area contributed by atoms with Gasteiger partial charge in [-0.15, -0.1) is 0 Å². The summed E-state index contributed by atoms with van der Waals surface area (Å²) >= 11 is 0. The molecule has 1 atom stereocenters. The van der Waals surface area contributed by atoms with Gasteiger partial charge in [-0.3, -0.25) is 14.0 Å². The number of para-hydroxylation sites is 1. The van der Waals surface area contributed by atoms with Crippen LogP contribution in [0.5, 0.6) is 0 Å². The molecular formula is C17H19N5O. The molecular weight excluding hydrogens is 290 g/mol. The first-order valence-corrected chi connectivity index (χ1v) is 7.98. The number of fused-ring (bicyclic) bond motifs is 2. The maximum absolute atomic E-state index is 12.5. The molecule has 1 unspecified atom stereocenters. The largest absolute Gasteiger partial charge is 0.323 e. The average molecular weight is 309 g/mol. The zero-order valence-corrected chi connectivity index (χ0v) is 12.9. The van der Waals surface area contributed by atoms with Gasteiger partial charge in [0.15, 0.2) is 0 Å². The Balaban J connectivity index is 1.58. The number of rotatable bonds is 3. The molecule has 0 bridgehead atoms. The molecule has 6 heteroatoms. The van der Waals surface area contributed by atoms with Gasteiger partial charge in [0.1, 0.15) is 0 Å². The van der Waals surface area contributed by atoms with E-state index in [1.807, 2.05) is 28.9 Å². The molecule has 0 radical (unpaired) electrons.